The van der Waals surface area contributed by atoms with Gasteiger partial charge in [0.05, 0.1) is 12.5 Å². The zero-order valence-electron chi connectivity index (χ0n) is 9.49. The summed E-state index contributed by atoms with van der Waals surface area (Å²) in [5.74, 6) is 0.259. The third kappa shape index (κ3) is 1.43. The van der Waals surface area contributed by atoms with Gasteiger partial charge in [-0.3, -0.25) is 4.79 Å². The predicted molar refractivity (Wildman–Crippen MR) is 63.6 cm³/mol. The van der Waals surface area contributed by atoms with Crippen molar-refractivity contribution in [2.75, 3.05) is 18.0 Å². The first-order valence-corrected chi connectivity index (χ1v) is 5.88. The van der Waals surface area contributed by atoms with Gasteiger partial charge in [-0.05, 0) is 31.5 Å². The third-order valence-electron chi connectivity index (χ3n) is 3.50. The first-order valence-electron chi connectivity index (χ1n) is 5.88. The fraction of sp³-hybridized carbons (Fsp3) is 0.462. The first kappa shape index (κ1) is 9.85. The summed E-state index contributed by atoms with van der Waals surface area (Å²) in [6.07, 6.45) is 1.65. The molecule has 2 aliphatic rings. The van der Waals surface area contributed by atoms with Crippen molar-refractivity contribution in [2.24, 2.45) is 0 Å². The molecular weight excluding hydrogens is 200 g/mol. The van der Waals surface area contributed by atoms with Gasteiger partial charge in [0.15, 0.2) is 0 Å². The van der Waals surface area contributed by atoms with Crippen LogP contribution in [0.5, 0.6) is 0 Å². The fourth-order valence-corrected chi connectivity index (χ4v) is 2.73. The first-order chi connectivity index (χ1) is 7.75. The Labute approximate surface area is 95.4 Å². The lowest BCUT2D eigenvalue weighted by Crippen LogP contribution is -2.39. The number of nitrogens with zero attached hydrogens (tertiary/aromatic N) is 1. The van der Waals surface area contributed by atoms with Crippen LogP contribution < -0.4 is 10.2 Å². The van der Waals surface area contributed by atoms with Crippen LogP contribution in [0.2, 0.25) is 0 Å². The van der Waals surface area contributed by atoms with Gasteiger partial charge in [-0.25, -0.2) is 0 Å². The summed E-state index contributed by atoms with van der Waals surface area (Å²) in [7, 11) is 0. The van der Waals surface area contributed by atoms with Gasteiger partial charge in [-0.15, -0.1) is 0 Å². The highest BCUT2D eigenvalue weighted by atomic mass is 16.2. The molecule has 0 saturated carbocycles. The molecule has 1 fully saturated rings. The lowest BCUT2D eigenvalue weighted by Gasteiger charge is -2.24. The SMILES string of the molecule is Cc1ccc2c(c1)CC(=O)N2C1CCNC1. The summed E-state index contributed by atoms with van der Waals surface area (Å²) < 4.78 is 0. The van der Waals surface area contributed by atoms with Crippen LogP contribution >= 0.6 is 0 Å². The Hall–Kier alpha value is -1.35. The van der Waals surface area contributed by atoms with Crippen LogP contribution in [-0.4, -0.2) is 25.0 Å². The van der Waals surface area contributed by atoms with Crippen LogP contribution in [-0.2, 0) is 11.2 Å². The molecule has 1 aromatic carbocycles. The molecule has 0 bridgehead atoms. The highest BCUT2D eigenvalue weighted by molar-refractivity contribution is 6.02. The average Bonchev–Trinajstić information content (AvgIpc) is 2.83. The number of carbonyl (C=O) groups excluding carboxylic acids is 1. The van der Waals surface area contributed by atoms with Crippen LogP contribution in [0.15, 0.2) is 18.2 Å². The van der Waals surface area contributed by atoms with Gasteiger partial charge < -0.3 is 10.2 Å². The molecule has 2 aliphatic heterocycles. The lowest BCUT2D eigenvalue weighted by molar-refractivity contribution is -0.117. The number of nitrogens with one attached hydrogen (secondary N) is 1. The summed E-state index contributed by atoms with van der Waals surface area (Å²) >= 11 is 0. The second-order valence-electron chi connectivity index (χ2n) is 4.72. The second-order valence-corrected chi connectivity index (χ2v) is 4.72. The highest BCUT2D eigenvalue weighted by Gasteiger charge is 2.34. The number of carbonyl (C=O) groups is 1. The Morgan fingerprint density at radius 2 is 2.31 bits per heavy atom. The normalized spacial score (nSPS) is 23.9. The summed E-state index contributed by atoms with van der Waals surface area (Å²) in [5, 5.41) is 3.32. The van der Waals surface area contributed by atoms with Crippen LogP contribution in [0.4, 0.5) is 5.69 Å². The predicted octanol–water partition coefficient (Wildman–Crippen LogP) is 1.25. The minimum Gasteiger partial charge on any atom is -0.315 e. The molecule has 1 amide bonds. The van der Waals surface area contributed by atoms with E-state index < -0.39 is 0 Å². The summed E-state index contributed by atoms with van der Waals surface area (Å²) in [6.45, 7) is 4.03. The number of fused-ring (bicyclic) bond motifs is 1. The smallest absolute Gasteiger partial charge is 0.231 e. The van der Waals surface area contributed by atoms with E-state index in [1.165, 1.54) is 11.1 Å². The van der Waals surface area contributed by atoms with Crippen LogP contribution in [0.25, 0.3) is 0 Å². The molecule has 0 radical (unpaired) electrons. The highest BCUT2D eigenvalue weighted by Crippen LogP contribution is 2.32. The molecule has 3 heteroatoms. The molecule has 1 N–H and O–H groups in total. The van der Waals surface area contributed by atoms with Crippen molar-refractivity contribution in [3.8, 4) is 0 Å². The summed E-state index contributed by atoms with van der Waals surface area (Å²) in [6, 6.07) is 6.67. The molecule has 1 unspecified atom stereocenters. The summed E-state index contributed by atoms with van der Waals surface area (Å²) in [5.41, 5.74) is 3.55. The summed E-state index contributed by atoms with van der Waals surface area (Å²) in [4.78, 5) is 14.0. The van der Waals surface area contributed by atoms with Crippen LogP contribution in [0, 0.1) is 6.92 Å². The quantitative estimate of drug-likeness (QED) is 0.766. The molecule has 2 heterocycles. The molecule has 1 saturated heterocycles. The number of hydrogen-bond donors (Lipinski definition) is 1. The standard InChI is InChI=1S/C13H16N2O/c1-9-2-3-12-10(6-9)7-13(16)15(12)11-4-5-14-8-11/h2-3,6,11,14H,4-5,7-8H2,1H3. The van der Waals surface area contributed by atoms with E-state index in [1.54, 1.807) is 0 Å². The van der Waals surface area contributed by atoms with Crippen molar-refractivity contribution in [2.45, 2.75) is 25.8 Å². The van der Waals surface area contributed by atoms with Gasteiger partial charge in [0.1, 0.15) is 0 Å². The lowest BCUT2D eigenvalue weighted by atomic mass is 10.1. The molecular formula is C13H16N2O. The van der Waals surface area contributed by atoms with Crippen molar-refractivity contribution in [3.05, 3.63) is 29.3 Å². The van der Waals surface area contributed by atoms with E-state index in [9.17, 15) is 4.79 Å². The second kappa shape index (κ2) is 3.59. The zero-order valence-corrected chi connectivity index (χ0v) is 9.49. The average molecular weight is 216 g/mol. The van der Waals surface area contributed by atoms with E-state index >= 15 is 0 Å². The van der Waals surface area contributed by atoms with Crippen molar-refractivity contribution in [3.63, 3.8) is 0 Å². The number of anilines is 1. The van der Waals surface area contributed by atoms with E-state index in [-0.39, 0.29) is 5.91 Å². The van der Waals surface area contributed by atoms with Gasteiger partial charge >= 0.3 is 0 Å². The van der Waals surface area contributed by atoms with E-state index in [1.807, 2.05) is 4.90 Å². The fourth-order valence-electron chi connectivity index (χ4n) is 2.73. The van der Waals surface area contributed by atoms with Crippen LogP contribution in [0.3, 0.4) is 0 Å². The number of hydrogen-bond acceptors (Lipinski definition) is 2. The minimum absolute atomic E-state index is 0.259. The Morgan fingerprint density at radius 1 is 1.44 bits per heavy atom. The van der Waals surface area contributed by atoms with E-state index in [4.69, 9.17) is 0 Å². The zero-order chi connectivity index (χ0) is 11.1. The molecule has 3 rings (SSSR count). The molecule has 0 spiro atoms. The maximum Gasteiger partial charge on any atom is 0.231 e. The van der Waals surface area contributed by atoms with Crippen molar-refractivity contribution >= 4 is 11.6 Å². The van der Waals surface area contributed by atoms with Gasteiger partial charge in [0, 0.05) is 12.2 Å². The molecule has 1 atom stereocenters. The number of aryl methyl sites for hydroxylation is 1. The number of benzene rings is 1. The van der Waals surface area contributed by atoms with Crippen molar-refractivity contribution in [1.82, 2.24) is 5.32 Å². The molecule has 0 aromatic heterocycles. The Bertz CT molecular complexity index is 436. The molecule has 3 nitrogen and oxygen atoms in total. The Morgan fingerprint density at radius 3 is 3.06 bits per heavy atom. The van der Waals surface area contributed by atoms with E-state index in [2.05, 4.69) is 30.4 Å². The van der Waals surface area contributed by atoms with Gasteiger partial charge in [0.25, 0.3) is 0 Å². The molecule has 1 aromatic rings. The molecule has 16 heavy (non-hydrogen) atoms. The monoisotopic (exact) mass is 216 g/mol. The number of rotatable bonds is 1. The topological polar surface area (TPSA) is 32.3 Å². The van der Waals surface area contributed by atoms with Gasteiger partial charge in [-0.1, -0.05) is 17.7 Å². The third-order valence-corrected chi connectivity index (χ3v) is 3.50. The van der Waals surface area contributed by atoms with Crippen molar-refractivity contribution < 1.29 is 4.79 Å². The van der Waals surface area contributed by atoms with Crippen LogP contribution in [0.1, 0.15) is 17.5 Å². The maximum absolute atomic E-state index is 12.0. The maximum atomic E-state index is 12.0. The Balaban J connectivity index is 1.98. The van der Waals surface area contributed by atoms with E-state index in [0.717, 1.165) is 25.2 Å². The van der Waals surface area contributed by atoms with Gasteiger partial charge in [-0.2, -0.15) is 0 Å². The van der Waals surface area contributed by atoms with Crippen molar-refractivity contribution in [1.29, 1.82) is 0 Å². The van der Waals surface area contributed by atoms with Gasteiger partial charge in [0.2, 0.25) is 5.91 Å². The number of amides is 1. The Kier molecular flexibility index (Phi) is 2.21. The minimum atomic E-state index is 0.259. The largest absolute Gasteiger partial charge is 0.315 e. The van der Waals surface area contributed by atoms with E-state index in [0.29, 0.717) is 12.5 Å². The molecule has 0 aliphatic carbocycles. The molecule has 84 valence electrons.